The summed E-state index contributed by atoms with van der Waals surface area (Å²) in [5.74, 6) is 0. The number of primary amides is 1. The fourth-order valence-corrected chi connectivity index (χ4v) is 6.74. The van der Waals surface area contributed by atoms with Crippen LogP contribution in [0.4, 0.5) is 9.59 Å². The van der Waals surface area contributed by atoms with Gasteiger partial charge in [-0.1, -0.05) is 109 Å². The SMILES string of the molecule is C=CCOC(=O)N1C[C@@H](SC(c2ccccc2)(c2ccccc2)c2ccccc2)C[C@@H]1C/C=N\ONC(N)=O. The number of thioether (sulfide) groups is 1. The second-order valence-corrected chi connectivity index (χ2v) is 10.5. The third kappa shape index (κ3) is 6.80. The highest BCUT2D eigenvalue weighted by Gasteiger charge is 2.44. The van der Waals surface area contributed by atoms with Crippen LogP contribution in [0, 0.1) is 0 Å². The van der Waals surface area contributed by atoms with E-state index in [2.05, 4.69) is 89.5 Å². The fraction of sp³-hybridized carbons (Fsp3) is 0.233. The molecule has 3 aromatic rings. The van der Waals surface area contributed by atoms with E-state index in [1.165, 1.54) is 6.21 Å². The highest BCUT2D eigenvalue weighted by molar-refractivity contribution is 8.01. The molecule has 3 amide bonds. The number of nitrogens with one attached hydrogen (secondary N) is 1. The Balaban J connectivity index is 1.68. The van der Waals surface area contributed by atoms with Gasteiger partial charge in [-0.15, -0.1) is 17.2 Å². The van der Waals surface area contributed by atoms with Gasteiger partial charge in [-0.25, -0.2) is 9.59 Å². The molecule has 0 saturated carbocycles. The van der Waals surface area contributed by atoms with Crippen molar-refractivity contribution in [2.45, 2.75) is 28.9 Å². The van der Waals surface area contributed by atoms with Crippen molar-refractivity contribution < 1.29 is 19.3 Å². The van der Waals surface area contributed by atoms with E-state index in [0.717, 1.165) is 16.7 Å². The van der Waals surface area contributed by atoms with Crippen molar-refractivity contribution in [2.75, 3.05) is 13.2 Å². The standard InChI is InChI=1S/C30H32N4O4S/c1-2-20-37-29(36)34-22-27(21-26(34)18-19-32-38-33-28(31)35)39-30(23-12-6-3-7-13-23,24-14-8-4-9-15-24)25-16-10-5-11-17-25/h2-17,19,26-27H,1,18,20-22H2,(H3,31,33,35)/b32-19-/t26-,27-/m0/s1. The Kier molecular flexibility index (Phi) is 9.64. The number of hydrogen-bond donors (Lipinski definition) is 2. The summed E-state index contributed by atoms with van der Waals surface area (Å²) < 4.78 is 4.90. The van der Waals surface area contributed by atoms with Gasteiger partial charge in [0.2, 0.25) is 0 Å². The monoisotopic (exact) mass is 544 g/mol. The second kappa shape index (κ2) is 13.5. The quantitative estimate of drug-likeness (QED) is 0.144. The summed E-state index contributed by atoms with van der Waals surface area (Å²) in [6.45, 7) is 4.26. The number of likely N-dealkylation sites (tertiary alicyclic amines) is 1. The zero-order chi connectivity index (χ0) is 27.5. The van der Waals surface area contributed by atoms with Gasteiger partial charge in [-0.05, 0) is 23.1 Å². The minimum Gasteiger partial charge on any atom is -0.445 e. The van der Waals surface area contributed by atoms with Crippen LogP contribution < -0.4 is 11.2 Å². The van der Waals surface area contributed by atoms with E-state index in [4.69, 9.17) is 10.5 Å². The molecule has 3 N–H and O–H groups in total. The van der Waals surface area contributed by atoms with Gasteiger partial charge in [-0.2, -0.15) is 0 Å². The Morgan fingerprint density at radius 1 is 1.00 bits per heavy atom. The highest BCUT2D eigenvalue weighted by Crippen LogP contribution is 2.52. The van der Waals surface area contributed by atoms with E-state index in [-0.39, 0.29) is 17.9 Å². The first-order chi connectivity index (χ1) is 19.0. The maximum atomic E-state index is 13.0. The number of hydrogen-bond acceptors (Lipinski definition) is 6. The molecule has 0 radical (unpaired) electrons. The summed E-state index contributed by atoms with van der Waals surface area (Å²) in [4.78, 5) is 30.3. The average molecular weight is 545 g/mol. The summed E-state index contributed by atoms with van der Waals surface area (Å²) in [6, 6.07) is 30.3. The first kappa shape index (κ1) is 27.8. The largest absolute Gasteiger partial charge is 0.445 e. The zero-order valence-corrected chi connectivity index (χ0v) is 22.3. The van der Waals surface area contributed by atoms with Gasteiger partial charge in [0.25, 0.3) is 0 Å². The third-order valence-corrected chi connectivity index (χ3v) is 8.21. The number of ether oxygens (including phenoxy) is 1. The van der Waals surface area contributed by atoms with Gasteiger partial charge in [-0.3, -0.25) is 4.94 Å². The molecule has 0 spiro atoms. The van der Waals surface area contributed by atoms with Gasteiger partial charge in [0.15, 0.2) is 0 Å². The second-order valence-electron chi connectivity index (χ2n) is 9.01. The van der Waals surface area contributed by atoms with Crippen molar-refractivity contribution in [1.29, 1.82) is 0 Å². The van der Waals surface area contributed by atoms with E-state index < -0.39 is 16.9 Å². The lowest BCUT2D eigenvalue weighted by Gasteiger charge is -2.37. The van der Waals surface area contributed by atoms with Crippen molar-refractivity contribution in [3.8, 4) is 0 Å². The van der Waals surface area contributed by atoms with Crippen LogP contribution in [0.25, 0.3) is 0 Å². The lowest BCUT2D eigenvalue weighted by Crippen LogP contribution is -2.37. The number of rotatable bonds is 11. The summed E-state index contributed by atoms with van der Waals surface area (Å²) in [5, 5.41) is 3.81. The maximum Gasteiger partial charge on any atom is 0.410 e. The molecule has 1 heterocycles. The van der Waals surface area contributed by atoms with Crippen LogP contribution in [0.15, 0.2) is 109 Å². The molecule has 0 unspecified atom stereocenters. The van der Waals surface area contributed by atoms with Crippen LogP contribution >= 0.6 is 11.8 Å². The number of oxime groups is 1. The van der Waals surface area contributed by atoms with Crippen LogP contribution in [0.1, 0.15) is 29.5 Å². The number of urea groups is 1. The first-order valence-corrected chi connectivity index (χ1v) is 13.5. The molecule has 2 atom stereocenters. The number of hydroxylamine groups is 1. The van der Waals surface area contributed by atoms with Gasteiger partial charge < -0.3 is 15.4 Å². The first-order valence-electron chi connectivity index (χ1n) is 12.7. The summed E-state index contributed by atoms with van der Waals surface area (Å²) in [7, 11) is 0. The van der Waals surface area contributed by atoms with Crippen LogP contribution in [0.3, 0.4) is 0 Å². The van der Waals surface area contributed by atoms with Gasteiger partial charge >= 0.3 is 12.1 Å². The Bertz CT molecular complexity index is 1160. The molecule has 0 aromatic heterocycles. The topological polar surface area (TPSA) is 106 Å². The van der Waals surface area contributed by atoms with Crippen LogP contribution in [0.2, 0.25) is 0 Å². The molecule has 0 aliphatic carbocycles. The molecule has 39 heavy (non-hydrogen) atoms. The fourth-order valence-electron chi connectivity index (χ4n) is 4.87. The predicted octanol–water partition coefficient (Wildman–Crippen LogP) is 5.45. The van der Waals surface area contributed by atoms with E-state index in [0.29, 0.717) is 19.4 Å². The van der Waals surface area contributed by atoms with Crippen molar-refractivity contribution in [1.82, 2.24) is 10.4 Å². The highest BCUT2D eigenvalue weighted by atomic mass is 32.2. The summed E-state index contributed by atoms with van der Waals surface area (Å²) in [5.41, 5.74) is 10.4. The third-order valence-electron chi connectivity index (χ3n) is 6.47. The minimum atomic E-state index is -0.849. The van der Waals surface area contributed by atoms with Crippen LogP contribution in [-0.2, 0) is 14.4 Å². The molecule has 1 aliphatic rings. The van der Waals surface area contributed by atoms with Gasteiger partial charge in [0.05, 0.1) is 4.75 Å². The van der Waals surface area contributed by atoms with E-state index >= 15 is 0 Å². The lowest BCUT2D eigenvalue weighted by molar-refractivity contribution is 0.0707. The zero-order valence-electron chi connectivity index (χ0n) is 21.5. The number of amides is 3. The Hall–Kier alpha value is -4.24. The van der Waals surface area contributed by atoms with Crippen molar-refractivity contribution in [3.05, 3.63) is 120 Å². The Morgan fingerprint density at radius 3 is 2.03 bits per heavy atom. The smallest absolute Gasteiger partial charge is 0.410 e. The van der Waals surface area contributed by atoms with Crippen molar-refractivity contribution in [3.63, 3.8) is 0 Å². The molecule has 0 bridgehead atoms. The summed E-state index contributed by atoms with van der Waals surface area (Å²) >= 11 is 1.84. The molecule has 1 fully saturated rings. The normalized spacial score (nSPS) is 17.1. The van der Waals surface area contributed by atoms with E-state index in [1.54, 1.807) is 11.0 Å². The average Bonchev–Trinajstić information content (AvgIpc) is 3.38. The summed E-state index contributed by atoms with van der Waals surface area (Å²) in [6.07, 6.45) is 3.77. The molecule has 1 aliphatic heterocycles. The van der Waals surface area contributed by atoms with Crippen molar-refractivity contribution >= 4 is 30.1 Å². The molecule has 9 heteroatoms. The number of benzene rings is 3. The molecule has 3 aromatic carbocycles. The molecule has 4 rings (SSSR count). The molecule has 1 saturated heterocycles. The molecular weight excluding hydrogens is 512 g/mol. The Labute approximate surface area is 232 Å². The van der Waals surface area contributed by atoms with E-state index in [9.17, 15) is 9.59 Å². The molecule has 8 nitrogen and oxygen atoms in total. The lowest BCUT2D eigenvalue weighted by atomic mass is 9.84. The van der Waals surface area contributed by atoms with E-state index in [1.807, 2.05) is 35.4 Å². The number of nitrogens with two attached hydrogens (primary N) is 1. The minimum absolute atomic E-state index is 0.0740. The predicted molar refractivity (Wildman–Crippen MR) is 154 cm³/mol. The van der Waals surface area contributed by atoms with Gasteiger partial charge in [0, 0.05) is 30.5 Å². The molecular formula is C30H32N4O4S. The molecule has 202 valence electrons. The number of carbonyl (C=O) groups excluding carboxylic acids is 2. The van der Waals surface area contributed by atoms with Crippen LogP contribution in [-0.4, -0.2) is 47.7 Å². The van der Waals surface area contributed by atoms with Crippen LogP contribution in [0.5, 0.6) is 0 Å². The Morgan fingerprint density at radius 2 is 1.54 bits per heavy atom. The van der Waals surface area contributed by atoms with Gasteiger partial charge in [0.1, 0.15) is 6.61 Å². The number of nitrogens with zero attached hydrogens (tertiary/aromatic N) is 2. The number of carbonyl (C=O) groups is 2. The van der Waals surface area contributed by atoms with Crippen molar-refractivity contribution in [2.24, 2.45) is 10.9 Å². The maximum absolute atomic E-state index is 13.0.